The second-order valence-electron chi connectivity index (χ2n) is 5.81. The Bertz CT molecular complexity index is 206. The number of hydrogen-bond acceptors (Lipinski definition) is 2. The van der Waals surface area contributed by atoms with Crippen LogP contribution in [0.4, 0.5) is 0 Å². The highest BCUT2D eigenvalue weighted by Crippen LogP contribution is 2.46. The molecule has 0 aromatic rings. The minimum atomic E-state index is -0.625. The predicted octanol–water partition coefficient (Wildman–Crippen LogP) is 2.60. The van der Waals surface area contributed by atoms with E-state index in [1.807, 2.05) is 13.8 Å². The highest BCUT2D eigenvalue weighted by Gasteiger charge is 2.51. The van der Waals surface area contributed by atoms with Gasteiger partial charge in [-0.05, 0) is 19.8 Å². The van der Waals surface area contributed by atoms with Gasteiger partial charge in [0.15, 0.2) is 0 Å². The van der Waals surface area contributed by atoms with Crippen molar-refractivity contribution in [2.75, 3.05) is 0 Å². The van der Waals surface area contributed by atoms with Gasteiger partial charge in [0.2, 0.25) is 0 Å². The fourth-order valence-electron chi connectivity index (χ4n) is 2.59. The summed E-state index contributed by atoms with van der Waals surface area (Å²) in [4.78, 5) is 0. The molecule has 2 heteroatoms. The van der Waals surface area contributed by atoms with Gasteiger partial charge in [-0.25, -0.2) is 0 Å². The molecule has 1 heterocycles. The summed E-state index contributed by atoms with van der Waals surface area (Å²) in [5, 5.41) is 10.4. The Morgan fingerprint density at radius 1 is 1.29 bits per heavy atom. The van der Waals surface area contributed by atoms with Crippen LogP contribution in [0.1, 0.15) is 48.0 Å². The average molecular weight is 200 g/mol. The molecule has 1 saturated heterocycles. The smallest absolute Gasteiger partial charge is 0.0719 e. The second-order valence-corrected chi connectivity index (χ2v) is 5.81. The molecular formula is C12H24O2. The van der Waals surface area contributed by atoms with Crippen LogP contribution in [0.25, 0.3) is 0 Å². The normalized spacial score (nSPS) is 42.9. The summed E-state index contributed by atoms with van der Waals surface area (Å²) in [5.41, 5.74) is -0.798. The lowest BCUT2D eigenvalue weighted by molar-refractivity contribution is -0.225. The monoisotopic (exact) mass is 200 g/mol. The number of aliphatic hydroxyl groups is 1. The average Bonchev–Trinajstić information content (AvgIpc) is 1.95. The first kappa shape index (κ1) is 12.0. The van der Waals surface area contributed by atoms with Gasteiger partial charge in [0.25, 0.3) is 0 Å². The lowest BCUT2D eigenvalue weighted by atomic mass is 9.65. The minimum Gasteiger partial charge on any atom is -0.389 e. The van der Waals surface area contributed by atoms with Crippen LogP contribution in [0, 0.1) is 11.3 Å². The summed E-state index contributed by atoms with van der Waals surface area (Å²) >= 11 is 0. The van der Waals surface area contributed by atoms with Gasteiger partial charge in [0.05, 0.1) is 17.8 Å². The zero-order valence-corrected chi connectivity index (χ0v) is 10.3. The van der Waals surface area contributed by atoms with Gasteiger partial charge in [-0.3, -0.25) is 0 Å². The van der Waals surface area contributed by atoms with E-state index in [2.05, 4.69) is 27.7 Å². The van der Waals surface area contributed by atoms with Gasteiger partial charge >= 0.3 is 0 Å². The van der Waals surface area contributed by atoms with Crippen molar-refractivity contribution in [1.29, 1.82) is 0 Å². The third kappa shape index (κ3) is 1.82. The van der Waals surface area contributed by atoms with Crippen molar-refractivity contribution in [3.63, 3.8) is 0 Å². The van der Waals surface area contributed by atoms with Crippen LogP contribution in [-0.4, -0.2) is 22.9 Å². The van der Waals surface area contributed by atoms with Crippen LogP contribution < -0.4 is 0 Å². The Morgan fingerprint density at radius 2 is 1.79 bits per heavy atom. The number of hydrogen-bond donors (Lipinski definition) is 1. The molecule has 0 spiro atoms. The molecule has 1 aliphatic rings. The maximum absolute atomic E-state index is 10.4. The highest BCUT2D eigenvalue weighted by atomic mass is 16.5. The lowest BCUT2D eigenvalue weighted by Gasteiger charge is -2.52. The van der Waals surface area contributed by atoms with E-state index >= 15 is 0 Å². The van der Waals surface area contributed by atoms with E-state index in [1.54, 1.807) is 0 Å². The van der Waals surface area contributed by atoms with Crippen LogP contribution >= 0.6 is 0 Å². The standard InChI is InChI=1S/C12H24O2/c1-8(2)10-11(4,5)12(6,13)7-9(3)14-10/h8-10,13H,7H2,1-6H3. The van der Waals surface area contributed by atoms with Crippen LogP contribution in [0.3, 0.4) is 0 Å². The van der Waals surface area contributed by atoms with Gasteiger partial charge in [0, 0.05) is 11.8 Å². The van der Waals surface area contributed by atoms with Crippen LogP contribution in [0.15, 0.2) is 0 Å². The molecule has 14 heavy (non-hydrogen) atoms. The Hall–Kier alpha value is -0.0800. The minimum absolute atomic E-state index is 0.140. The molecule has 2 nitrogen and oxygen atoms in total. The maximum atomic E-state index is 10.4. The molecule has 0 amide bonds. The predicted molar refractivity (Wildman–Crippen MR) is 58.2 cm³/mol. The van der Waals surface area contributed by atoms with E-state index in [-0.39, 0.29) is 17.6 Å². The summed E-state index contributed by atoms with van der Waals surface area (Å²) in [6, 6.07) is 0. The topological polar surface area (TPSA) is 29.5 Å². The van der Waals surface area contributed by atoms with E-state index in [9.17, 15) is 5.11 Å². The Morgan fingerprint density at radius 3 is 2.21 bits per heavy atom. The lowest BCUT2D eigenvalue weighted by Crippen LogP contribution is -2.58. The summed E-state index contributed by atoms with van der Waals surface area (Å²) in [6.07, 6.45) is 1.02. The molecule has 3 unspecified atom stereocenters. The Balaban J connectivity index is 2.95. The Labute approximate surface area is 87.7 Å². The molecule has 0 aromatic heterocycles. The first-order valence-electron chi connectivity index (χ1n) is 5.56. The fraction of sp³-hybridized carbons (Fsp3) is 1.00. The van der Waals surface area contributed by atoms with Gasteiger partial charge in [0.1, 0.15) is 0 Å². The quantitative estimate of drug-likeness (QED) is 0.705. The van der Waals surface area contributed by atoms with Crippen molar-refractivity contribution in [2.45, 2.75) is 65.8 Å². The van der Waals surface area contributed by atoms with Crippen molar-refractivity contribution in [3.05, 3.63) is 0 Å². The summed E-state index contributed by atoms with van der Waals surface area (Å²) in [6.45, 7) is 12.5. The van der Waals surface area contributed by atoms with E-state index in [0.717, 1.165) is 6.42 Å². The second kappa shape index (κ2) is 3.49. The molecule has 0 saturated carbocycles. The first-order valence-corrected chi connectivity index (χ1v) is 5.56. The van der Waals surface area contributed by atoms with Gasteiger partial charge in [-0.15, -0.1) is 0 Å². The molecule has 0 aromatic carbocycles. The molecule has 3 atom stereocenters. The molecule has 1 rings (SSSR count). The zero-order chi connectivity index (χ0) is 11.1. The van der Waals surface area contributed by atoms with Crippen molar-refractivity contribution in [3.8, 4) is 0 Å². The van der Waals surface area contributed by atoms with E-state index < -0.39 is 5.60 Å². The third-order valence-corrected chi connectivity index (χ3v) is 3.77. The van der Waals surface area contributed by atoms with Gasteiger partial charge in [-0.1, -0.05) is 27.7 Å². The van der Waals surface area contributed by atoms with E-state index in [0.29, 0.717) is 5.92 Å². The SMILES string of the molecule is CC1CC(C)(O)C(C)(C)C(C(C)C)O1. The van der Waals surface area contributed by atoms with Crippen molar-refractivity contribution in [1.82, 2.24) is 0 Å². The molecule has 1 fully saturated rings. The maximum Gasteiger partial charge on any atom is 0.0719 e. The van der Waals surface area contributed by atoms with E-state index in [1.165, 1.54) is 0 Å². The molecule has 0 aliphatic carbocycles. The number of ether oxygens (including phenoxy) is 1. The summed E-state index contributed by atoms with van der Waals surface area (Å²) < 4.78 is 5.94. The molecule has 0 bridgehead atoms. The first-order chi connectivity index (χ1) is 6.18. The fourth-order valence-corrected chi connectivity index (χ4v) is 2.59. The van der Waals surface area contributed by atoms with Crippen molar-refractivity contribution >= 4 is 0 Å². The molecule has 84 valence electrons. The third-order valence-electron chi connectivity index (χ3n) is 3.77. The summed E-state index contributed by atoms with van der Waals surface area (Å²) in [5.74, 6) is 0.444. The van der Waals surface area contributed by atoms with Crippen LogP contribution in [0.5, 0.6) is 0 Å². The van der Waals surface area contributed by atoms with Gasteiger partial charge in [-0.2, -0.15) is 0 Å². The largest absolute Gasteiger partial charge is 0.389 e. The van der Waals surface area contributed by atoms with Crippen LogP contribution in [0.2, 0.25) is 0 Å². The van der Waals surface area contributed by atoms with Crippen molar-refractivity contribution in [2.24, 2.45) is 11.3 Å². The van der Waals surface area contributed by atoms with Gasteiger partial charge < -0.3 is 9.84 Å². The van der Waals surface area contributed by atoms with Crippen LogP contribution in [-0.2, 0) is 4.74 Å². The molecular weight excluding hydrogens is 176 g/mol. The zero-order valence-electron chi connectivity index (χ0n) is 10.3. The summed E-state index contributed by atoms with van der Waals surface area (Å²) in [7, 11) is 0. The molecule has 1 aliphatic heterocycles. The Kier molecular flexibility index (Phi) is 2.99. The highest BCUT2D eigenvalue weighted by molar-refractivity contribution is 5.00. The number of rotatable bonds is 1. The molecule has 1 N–H and O–H groups in total. The van der Waals surface area contributed by atoms with E-state index in [4.69, 9.17) is 4.74 Å². The molecule has 0 radical (unpaired) electrons. The van der Waals surface area contributed by atoms with Crippen molar-refractivity contribution < 1.29 is 9.84 Å².